The van der Waals surface area contributed by atoms with Gasteiger partial charge in [-0.05, 0) is 26.0 Å². The zero-order chi connectivity index (χ0) is 14.8. The molecule has 0 aromatic heterocycles. The summed E-state index contributed by atoms with van der Waals surface area (Å²) in [4.78, 5) is 0. The fourth-order valence-electron chi connectivity index (χ4n) is 1.74. The Hall–Kier alpha value is -0.810. The molecular weight excluding hydrogens is 278 g/mol. The third-order valence-corrected chi connectivity index (χ3v) is 3.02. The molecule has 0 amide bonds. The van der Waals surface area contributed by atoms with Gasteiger partial charge in [0.2, 0.25) is 0 Å². The van der Waals surface area contributed by atoms with Crippen molar-refractivity contribution < 1.29 is 14.6 Å². The number of ether oxygens (including phenoxy) is 2. The van der Waals surface area contributed by atoms with Gasteiger partial charge in [0.15, 0.2) is 0 Å². The number of rotatable bonds is 10. The molecule has 4 nitrogen and oxygen atoms in total. The Bertz CT molecular complexity index is 387. The number of halogens is 1. The Morgan fingerprint density at radius 3 is 2.80 bits per heavy atom. The maximum absolute atomic E-state index is 9.73. The Kier molecular flexibility index (Phi) is 8.62. The Morgan fingerprint density at radius 1 is 1.30 bits per heavy atom. The van der Waals surface area contributed by atoms with Crippen molar-refractivity contribution in [2.75, 3.05) is 26.4 Å². The molecule has 0 saturated heterocycles. The van der Waals surface area contributed by atoms with Crippen LogP contribution in [0.15, 0.2) is 18.2 Å². The van der Waals surface area contributed by atoms with Crippen molar-refractivity contribution in [1.29, 1.82) is 0 Å². The lowest BCUT2D eigenvalue weighted by atomic mass is 10.2. The molecule has 0 saturated carbocycles. The van der Waals surface area contributed by atoms with Crippen LogP contribution in [-0.4, -0.2) is 37.6 Å². The second kappa shape index (κ2) is 10.00. The Labute approximate surface area is 126 Å². The van der Waals surface area contributed by atoms with E-state index >= 15 is 0 Å². The highest BCUT2D eigenvalue weighted by atomic mass is 35.5. The first-order valence-corrected chi connectivity index (χ1v) is 7.43. The molecule has 1 atom stereocenters. The minimum Gasteiger partial charge on any atom is -0.489 e. The molecule has 5 heteroatoms. The number of aliphatic hydroxyl groups excluding tert-OH is 1. The first kappa shape index (κ1) is 17.2. The molecule has 2 N–H and O–H groups in total. The topological polar surface area (TPSA) is 50.7 Å². The number of nitrogens with one attached hydrogen (secondary N) is 1. The molecule has 0 aliphatic carbocycles. The third-order valence-electron chi connectivity index (χ3n) is 2.73. The molecule has 1 aromatic carbocycles. The summed E-state index contributed by atoms with van der Waals surface area (Å²) in [7, 11) is 0. The summed E-state index contributed by atoms with van der Waals surface area (Å²) in [5, 5.41) is 13.6. The van der Waals surface area contributed by atoms with Crippen molar-refractivity contribution in [3.8, 4) is 5.75 Å². The van der Waals surface area contributed by atoms with Crippen LogP contribution >= 0.6 is 11.6 Å². The van der Waals surface area contributed by atoms with Crippen molar-refractivity contribution in [2.24, 2.45) is 0 Å². The van der Waals surface area contributed by atoms with E-state index in [1.807, 2.05) is 19.1 Å². The molecular formula is C15H24ClNO3. The van der Waals surface area contributed by atoms with Crippen molar-refractivity contribution in [3.05, 3.63) is 28.8 Å². The maximum Gasteiger partial charge on any atom is 0.142 e. The molecule has 0 fully saturated rings. The molecule has 1 aromatic rings. The number of hydrogen-bond donors (Lipinski definition) is 2. The van der Waals surface area contributed by atoms with Crippen LogP contribution < -0.4 is 10.1 Å². The van der Waals surface area contributed by atoms with Gasteiger partial charge in [0.05, 0.1) is 11.6 Å². The zero-order valence-corrected chi connectivity index (χ0v) is 12.9. The predicted molar refractivity (Wildman–Crippen MR) is 81.4 cm³/mol. The van der Waals surface area contributed by atoms with Gasteiger partial charge in [0.25, 0.3) is 0 Å². The van der Waals surface area contributed by atoms with Crippen molar-refractivity contribution in [2.45, 2.75) is 32.9 Å². The summed E-state index contributed by atoms with van der Waals surface area (Å²) in [5.41, 5.74) is 0.995. The summed E-state index contributed by atoms with van der Waals surface area (Å²) < 4.78 is 10.8. The molecule has 114 valence electrons. The van der Waals surface area contributed by atoms with Gasteiger partial charge in [0.1, 0.15) is 18.5 Å². The molecule has 0 aliphatic heterocycles. The molecule has 0 bridgehead atoms. The average Bonchev–Trinajstić information content (AvgIpc) is 2.44. The van der Waals surface area contributed by atoms with E-state index < -0.39 is 6.10 Å². The van der Waals surface area contributed by atoms with Gasteiger partial charge >= 0.3 is 0 Å². The van der Waals surface area contributed by atoms with E-state index in [1.165, 1.54) is 0 Å². The highest BCUT2D eigenvalue weighted by Crippen LogP contribution is 2.28. The standard InChI is InChI=1S/C15H24ClNO3/c1-3-8-17-9-12-6-5-7-14(16)15(12)20-11-13(18)10-19-4-2/h5-7,13,17-18H,3-4,8-11H2,1-2H3. The smallest absolute Gasteiger partial charge is 0.142 e. The fraction of sp³-hybridized carbons (Fsp3) is 0.600. The van der Waals surface area contributed by atoms with Gasteiger partial charge in [-0.15, -0.1) is 0 Å². The summed E-state index contributed by atoms with van der Waals surface area (Å²) in [6, 6.07) is 5.66. The van der Waals surface area contributed by atoms with Crippen molar-refractivity contribution in [3.63, 3.8) is 0 Å². The molecule has 0 spiro atoms. The lowest BCUT2D eigenvalue weighted by Crippen LogP contribution is -2.24. The SMILES string of the molecule is CCCNCc1cccc(Cl)c1OCC(O)COCC. The van der Waals surface area contributed by atoms with E-state index in [1.54, 1.807) is 6.07 Å². The largest absolute Gasteiger partial charge is 0.489 e. The van der Waals surface area contributed by atoms with Crippen LogP contribution in [0.3, 0.4) is 0 Å². The van der Waals surface area contributed by atoms with E-state index in [0.29, 0.717) is 23.9 Å². The quantitative estimate of drug-likeness (QED) is 0.652. The number of hydrogen-bond acceptors (Lipinski definition) is 4. The van der Waals surface area contributed by atoms with Gasteiger partial charge in [-0.3, -0.25) is 0 Å². The summed E-state index contributed by atoms with van der Waals surface area (Å²) >= 11 is 6.16. The fourth-order valence-corrected chi connectivity index (χ4v) is 1.98. The summed E-state index contributed by atoms with van der Waals surface area (Å²) in [6.45, 7) is 6.67. The first-order chi connectivity index (χ1) is 9.69. The van der Waals surface area contributed by atoms with E-state index in [9.17, 15) is 5.11 Å². The van der Waals surface area contributed by atoms with Crippen LogP contribution in [0.5, 0.6) is 5.75 Å². The number of benzene rings is 1. The van der Waals surface area contributed by atoms with Crippen LogP contribution in [0.25, 0.3) is 0 Å². The minimum atomic E-state index is -0.650. The zero-order valence-electron chi connectivity index (χ0n) is 12.2. The average molecular weight is 302 g/mol. The van der Waals surface area contributed by atoms with Crippen LogP contribution in [0, 0.1) is 0 Å². The second-order valence-corrected chi connectivity index (χ2v) is 4.94. The third kappa shape index (κ3) is 6.09. The van der Waals surface area contributed by atoms with Crippen molar-refractivity contribution >= 4 is 11.6 Å². The Morgan fingerprint density at radius 2 is 2.10 bits per heavy atom. The van der Waals surface area contributed by atoms with Gasteiger partial charge in [-0.2, -0.15) is 0 Å². The molecule has 0 heterocycles. The summed E-state index contributed by atoms with van der Waals surface area (Å²) in [5.74, 6) is 0.633. The highest BCUT2D eigenvalue weighted by molar-refractivity contribution is 6.32. The molecule has 1 unspecified atom stereocenters. The highest BCUT2D eigenvalue weighted by Gasteiger charge is 2.11. The molecule has 20 heavy (non-hydrogen) atoms. The van der Waals surface area contributed by atoms with Crippen LogP contribution in [0.1, 0.15) is 25.8 Å². The van der Waals surface area contributed by atoms with E-state index in [2.05, 4.69) is 12.2 Å². The normalized spacial score (nSPS) is 12.4. The second-order valence-electron chi connectivity index (χ2n) is 4.53. The summed E-state index contributed by atoms with van der Waals surface area (Å²) in [6.07, 6.45) is 0.423. The first-order valence-electron chi connectivity index (χ1n) is 7.05. The number of para-hydroxylation sites is 1. The molecule has 1 rings (SSSR count). The van der Waals surface area contributed by atoms with E-state index in [-0.39, 0.29) is 13.2 Å². The number of aliphatic hydroxyl groups is 1. The van der Waals surface area contributed by atoms with Crippen LogP contribution in [0.2, 0.25) is 5.02 Å². The molecule has 0 aliphatic rings. The van der Waals surface area contributed by atoms with Crippen molar-refractivity contribution in [1.82, 2.24) is 5.32 Å². The predicted octanol–water partition coefficient (Wildman–Crippen LogP) is 2.62. The minimum absolute atomic E-state index is 0.171. The van der Waals surface area contributed by atoms with Gasteiger partial charge in [0, 0.05) is 18.7 Å². The Balaban J connectivity index is 2.58. The van der Waals surface area contributed by atoms with Gasteiger partial charge in [-0.1, -0.05) is 30.7 Å². The van der Waals surface area contributed by atoms with Crippen LogP contribution in [-0.2, 0) is 11.3 Å². The van der Waals surface area contributed by atoms with Gasteiger partial charge < -0.3 is 19.9 Å². The lowest BCUT2D eigenvalue weighted by Gasteiger charge is -2.16. The van der Waals surface area contributed by atoms with Gasteiger partial charge in [-0.25, -0.2) is 0 Å². The van der Waals surface area contributed by atoms with E-state index in [4.69, 9.17) is 21.1 Å². The molecule has 0 radical (unpaired) electrons. The van der Waals surface area contributed by atoms with Crippen LogP contribution in [0.4, 0.5) is 0 Å². The lowest BCUT2D eigenvalue weighted by molar-refractivity contribution is 0.0162. The maximum atomic E-state index is 9.73. The monoisotopic (exact) mass is 301 g/mol. The van der Waals surface area contributed by atoms with E-state index in [0.717, 1.165) is 18.5 Å².